The first-order valence-electron chi connectivity index (χ1n) is 11.1. The molecule has 1 fully saturated rings. The number of morpholine rings is 1. The van der Waals surface area contributed by atoms with Crippen LogP contribution in [0.15, 0.2) is 73.1 Å². The van der Waals surface area contributed by atoms with Crippen molar-refractivity contribution in [2.24, 2.45) is 0 Å². The van der Waals surface area contributed by atoms with Crippen molar-refractivity contribution in [1.82, 2.24) is 14.8 Å². The highest BCUT2D eigenvalue weighted by Crippen LogP contribution is 2.17. The summed E-state index contributed by atoms with van der Waals surface area (Å²) in [7, 11) is 0. The molecule has 1 aliphatic rings. The zero-order chi connectivity index (χ0) is 22.0. The van der Waals surface area contributed by atoms with Gasteiger partial charge in [-0.1, -0.05) is 30.3 Å². The molecule has 0 aliphatic carbocycles. The Morgan fingerprint density at radius 3 is 2.47 bits per heavy atom. The van der Waals surface area contributed by atoms with Crippen LogP contribution in [0.25, 0.3) is 0 Å². The average molecular weight is 436 g/mol. The second kappa shape index (κ2) is 11.7. The molecule has 0 radical (unpaired) electrons. The van der Waals surface area contributed by atoms with Crippen molar-refractivity contribution in [3.05, 3.63) is 95.6 Å². The fraction of sp³-hybridized carbons (Fsp3) is 0.346. The Balaban J connectivity index is 1.34. The zero-order valence-corrected chi connectivity index (χ0v) is 18.3. The van der Waals surface area contributed by atoms with Crippen LogP contribution in [0.1, 0.15) is 16.7 Å². The van der Waals surface area contributed by atoms with Gasteiger partial charge in [0.1, 0.15) is 18.2 Å². The van der Waals surface area contributed by atoms with Gasteiger partial charge in [-0.2, -0.15) is 0 Å². The molecule has 2 heterocycles. The van der Waals surface area contributed by atoms with Crippen LogP contribution in [-0.2, 0) is 24.4 Å². The third kappa shape index (κ3) is 7.12. The molecule has 0 atom stereocenters. The maximum atomic E-state index is 13.3. The first kappa shape index (κ1) is 22.4. The Hall–Kier alpha value is -2.80. The van der Waals surface area contributed by atoms with Gasteiger partial charge in [0.05, 0.1) is 13.2 Å². The molecule has 32 heavy (non-hydrogen) atoms. The largest absolute Gasteiger partial charge is 0.489 e. The summed E-state index contributed by atoms with van der Waals surface area (Å²) in [4.78, 5) is 9.18. The summed E-state index contributed by atoms with van der Waals surface area (Å²) in [6, 6.07) is 18.8. The highest BCUT2D eigenvalue weighted by atomic mass is 19.1. The van der Waals surface area contributed by atoms with Gasteiger partial charge < -0.3 is 9.47 Å². The first-order valence-corrected chi connectivity index (χ1v) is 11.1. The van der Waals surface area contributed by atoms with Gasteiger partial charge >= 0.3 is 0 Å². The second-order valence-corrected chi connectivity index (χ2v) is 8.09. The average Bonchev–Trinajstić information content (AvgIpc) is 2.83. The van der Waals surface area contributed by atoms with E-state index in [0.717, 1.165) is 63.8 Å². The van der Waals surface area contributed by atoms with Crippen molar-refractivity contribution in [1.29, 1.82) is 0 Å². The number of aromatic nitrogens is 1. The number of hydrogen-bond donors (Lipinski definition) is 0. The number of halogens is 1. The van der Waals surface area contributed by atoms with Crippen LogP contribution in [0.2, 0.25) is 0 Å². The highest BCUT2D eigenvalue weighted by Gasteiger charge is 2.13. The molecular formula is C26H30FN3O2. The number of nitrogens with zero attached hydrogens (tertiary/aromatic N) is 3. The van der Waals surface area contributed by atoms with Crippen molar-refractivity contribution < 1.29 is 13.9 Å². The lowest BCUT2D eigenvalue weighted by atomic mass is 10.2. The van der Waals surface area contributed by atoms with Gasteiger partial charge in [0.15, 0.2) is 0 Å². The molecular weight excluding hydrogens is 405 g/mol. The van der Waals surface area contributed by atoms with Crippen molar-refractivity contribution in [3.8, 4) is 5.75 Å². The summed E-state index contributed by atoms with van der Waals surface area (Å²) < 4.78 is 24.6. The Labute approximate surface area is 189 Å². The summed E-state index contributed by atoms with van der Waals surface area (Å²) in [5.74, 6) is 0.539. The van der Waals surface area contributed by atoms with E-state index in [0.29, 0.717) is 6.61 Å². The first-order chi connectivity index (χ1) is 15.7. The van der Waals surface area contributed by atoms with Crippen molar-refractivity contribution in [2.45, 2.75) is 19.7 Å². The molecule has 0 unspecified atom stereocenters. The van der Waals surface area contributed by atoms with Gasteiger partial charge in [-0.25, -0.2) is 4.39 Å². The molecule has 168 valence electrons. The van der Waals surface area contributed by atoms with Crippen LogP contribution < -0.4 is 4.74 Å². The Bertz CT molecular complexity index is 947. The molecule has 4 rings (SSSR count). The Morgan fingerprint density at radius 1 is 0.938 bits per heavy atom. The van der Waals surface area contributed by atoms with Crippen LogP contribution in [0.4, 0.5) is 4.39 Å². The lowest BCUT2D eigenvalue weighted by Gasteiger charge is -2.30. The van der Waals surface area contributed by atoms with E-state index < -0.39 is 0 Å². The van der Waals surface area contributed by atoms with Gasteiger partial charge in [-0.05, 0) is 47.0 Å². The summed E-state index contributed by atoms with van der Waals surface area (Å²) in [6.45, 7) is 7.70. The minimum Gasteiger partial charge on any atom is -0.489 e. The van der Waals surface area contributed by atoms with E-state index >= 15 is 0 Å². The fourth-order valence-corrected chi connectivity index (χ4v) is 3.81. The smallest absolute Gasteiger partial charge is 0.123 e. The monoisotopic (exact) mass is 435 g/mol. The van der Waals surface area contributed by atoms with E-state index in [1.165, 1.54) is 23.3 Å². The topological polar surface area (TPSA) is 37.8 Å². The number of benzene rings is 2. The molecule has 1 saturated heterocycles. The van der Waals surface area contributed by atoms with Crippen molar-refractivity contribution in [2.75, 3.05) is 39.4 Å². The molecule has 0 amide bonds. The van der Waals surface area contributed by atoms with E-state index in [4.69, 9.17) is 9.47 Å². The van der Waals surface area contributed by atoms with Gasteiger partial charge in [-0.15, -0.1) is 0 Å². The number of pyridine rings is 1. The molecule has 5 nitrogen and oxygen atoms in total. The summed E-state index contributed by atoms with van der Waals surface area (Å²) in [5.41, 5.74) is 3.26. The van der Waals surface area contributed by atoms with E-state index in [2.05, 4.69) is 33.0 Å². The van der Waals surface area contributed by atoms with Gasteiger partial charge in [-0.3, -0.25) is 14.8 Å². The third-order valence-corrected chi connectivity index (χ3v) is 5.59. The molecule has 1 aliphatic heterocycles. The number of ether oxygens (including phenoxy) is 2. The fourth-order valence-electron chi connectivity index (χ4n) is 3.81. The van der Waals surface area contributed by atoms with Gasteiger partial charge in [0.2, 0.25) is 0 Å². The molecule has 2 aromatic carbocycles. The van der Waals surface area contributed by atoms with E-state index in [9.17, 15) is 4.39 Å². The summed E-state index contributed by atoms with van der Waals surface area (Å²) >= 11 is 0. The van der Waals surface area contributed by atoms with Crippen molar-refractivity contribution >= 4 is 0 Å². The van der Waals surface area contributed by atoms with Crippen LogP contribution in [-0.4, -0.2) is 54.2 Å². The predicted octanol–water partition coefficient (Wildman–Crippen LogP) is 4.13. The second-order valence-electron chi connectivity index (χ2n) is 8.09. The van der Waals surface area contributed by atoms with E-state index in [1.54, 1.807) is 6.07 Å². The SMILES string of the molecule is Fc1cccc(COc2ccc(CN(CCN3CCOCC3)Cc3cccnc3)cc2)c1. The van der Waals surface area contributed by atoms with Gasteiger partial charge in [0, 0.05) is 51.7 Å². The van der Waals surface area contributed by atoms with Crippen LogP contribution >= 0.6 is 0 Å². The van der Waals surface area contributed by atoms with E-state index in [1.807, 2.05) is 36.7 Å². The van der Waals surface area contributed by atoms with Crippen LogP contribution in [0.3, 0.4) is 0 Å². The predicted molar refractivity (Wildman–Crippen MR) is 123 cm³/mol. The summed E-state index contributed by atoms with van der Waals surface area (Å²) in [5, 5.41) is 0. The minimum atomic E-state index is -0.243. The molecule has 3 aromatic rings. The van der Waals surface area contributed by atoms with E-state index in [-0.39, 0.29) is 5.82 Å². The third-order valence-electron chi connectivity index (χ3n) is 5.59. The van der Waals surface area contributed by atoms with Gasteiger partial charge in [0.25, 0.3) is 0 Å². The Kier molecular flexibility index (Phi) is 8.20. The summed E-state index contributed by atoms with van der Waals surface area (Å²) in [6.07, 6.45) is 3.75. The molecule has 0 saturated carbocycles. The molecule has 0 bridgehead atoms. The number of rotatable bonds is 10. The highest BCUT2D eigenvalue weighted by molar-refractivity contribution is 5.28. The molecule has 0 N–H and O–H groups in total. The quantitative estimate of drug-likeness (QED) is 0.479. The molecule has 1 aromatic heterocycles. The zero-order valence-electron chi connectivity index (χ0n) is 18.3. The van der Waals surface area contributed by atoms with Crippen molar-refractivity contribution in [3.63, 3.8) is 0 Å². The lowest BCUT2D eigenvalue weighted by Crippen LogP contribution is -2.41. The maximum absolute atomic E-state index is 13.3. The normalized spacial score (nSPS) is 14.6. The van der Waals surface area contributed by atoms with Crippen LogP contribution in [0.5, 0.6) is 5.75 Å². The van der Waals surface area contributed by atoms with Crippen LogP contribution in [0, 0.1) is 5.82 Å². The Morgan fingerprint density at radius 2 is 1.72 bits per heavy atom. The lowest BCUT2D eigenvalue weighted by molar-refractivity contribution is 0.0325. The number of hydrogen-bond acceptors (Lipinski definition) is 5. The standard InChI is InChI=1S/C26H30FN3O2/c27-25-5-1-3-23(17-25)21-32-26-8-6-22(7-9-26)19-30(20-24-4-2-10-28-18-24)12-11-29-13-15-31-16-14-29/h1-10,17-18H,11-16,19-21H2. The molecule has 0 spiro atoms. The maximum Gasteiger partial charge on any atom is 0.123 e. The molecule has 6 heteroatoms. The minimum absolute atomic E-state index is 0.243.